The molecule has 1 heterocycles. The SMILES string of the molecule is CCc1ccc(Nc2nnc(SCC(=O)NC3CC3)s2)cc1. The molecule has 7 heteroatoms. The van der Waals surface area contributed by atoms with Gasteiger partial charge in [0.15, 0.2) is 4.34 Å². The van der Waals surface area contributed by atoms with Crippen LogP contribution >= 0.6 is 23.1 Å². The Morgan fingerprint density at radius 2 is 2.09 bits per heavy atom. The largest absolute Gasteiger partial charge is 0.353 e. The van der Waals surface area contributed by atoms with E-state index in [0.29, 0.717) is 11.8 Å². The van der Waals surface area contributed by atoms with E-state index in [4.69, 9.17) is 0 Å². The highest BCUT2D eigenvalue weighted by atomic mass is 32.2. The molecule has 0 spiro atoms. The van der Waals surface area contributed by atoms with E-state index in [1.807, 2.05) is 12.1 Å². The third kappa shape index (κ3) is 4.45. The molecule has 0 saturated heterocycles. The second-order valence-electron chi connectivity index (χ2n) is 5.18. The standard InChI is InChI=1S/C15H18N4OS2/c1-2-10-3-5-12(6-4-10)17-14-18-19-15(22-14)21-9-13(20)16-11-7-8-11/h3-6,11H,2,7-9H2,1H3,(H,16,20)(H,17,18). The number of rotatable bonds is 7. The molecule has 1 amide bonds. The Hall–Kier alpha value is -1.60. The Balaban J connectivity index is 1.50. The first-order valence-electron chi connectivity index (χ1n) is 7.34. The molecule has 1 aromatic carbocycles. The Morgan fingerprint density at radius 1 is 1.32 bits per heavy atom. The molecule has 1 aliphatic carbocycles. The highest BCUT2D eigenvalue weighted by Crippen LogP contribution is 2.28. The van der Waals surface area contributed by atoms with E-state index < -0.39 is 0 Å². The fraction of sp³-hybridized carbons (Fsp3) is 0.400. The molecular formula is C15H18N4OS2. The number of carbonyl (C=O) groups is 1. The van der Waals surface area contributed by atoms with Crippen LogP contribution in [0.15, 0.2) is 28.6 Å². The molecule has 0 bridgehead atoms. The van der Waals surface area contributed by atoms with Gasteiger partial charge >= 0.3 is 0 Å². The van der Waals surface area contributed by atoms with Crippen molar-refractivity contribution in [3.05, 3.63) is 29.8 Å². The number of carbonyl (C=O) groups excluding carboxylic acids is 1. The normalized spacial score (nSPS) is 13.9. The molecule has 1 saturated carbocycles. The van der Waals surface area contributed by atoms with Crippen molar-refractivity contribution < 1.29 is 4.79 Å². The zero-order valence-corrected chi connectivity index (χ0v) is 14.0. The topological polar surface area (TPSA) is 66.9 Å². The van der Waals surface area contributed by atoms with Gasteiger partial charge in [-0.25, -0.2) is 0 Å². The van der Waals surface area contributed by atoms with Gasteiger partial charge in [0.2, 0.25) is 11.0 Å². The minimum atomic E-state index is 0.0763. The maximum atomic E-state index is 11.6. The van der Waals surface area contributed by atoms with Gasteiger partial charge in [-0.2, -0.15) is 0 Å². The number of nitrogens with zero attached hydrogens (tertiary/aromatic N) is 2. The molecule has 1 aliphatic rings. The molecule has 0 radical (unpaired) electrons. The van der Waals surface area contributed by atoms with Crippen molar-refractivity contribution in [3.8, 4) is 0 Å². The number of aryl methyl sites for hydroxylation is 1. The summed E-state index contributed by atoms with van der Waals surface area (Å²) in [6.07, 6.45) is 3.25. The molecular weight excluding hydrogens is 316 g/mol. The molecule has 5 nitrogen and oxygen atoms in total. The quantitative estimate of drug-likeness (QED) is 0.761. The van der Waals surface area contributed by atoms with E-state index in [2.05, 4.69) is 39.9 Å². The number of benzene rings is 1. The number of amides is 1. The first-order valence-corrected chi connectivity index (χ1v) is 9.15. The smallest absolute Gasteiger partial charge is 0.230 e. The van der Waals surface area contributed by atoms with Gasteiger partial charge in [-0.15, -0.1) is 10.2 Å². The van der Waals surface area contributed by atoms with Crippen LogP contribution in [0.4, 0.5) is 10.8 Å². The molecule has 116 valence electrons. The summed E-state index contributed by atoms with van der Waals surface area (Å²) in [5.41, 5.74) is 2.30. The van der Waals surface area contributed by atoms with Gasteiger partial charge in [-0.3, -0.25) is 4.79 Å². The fourth-order valence-corrected chi connectivity index (χ4v) is 3.47. The first kappa shape index (κ1) is 15.3. The molecule has 0 atom stereocenters. The molecule has 3 rings (SSSR count). The van der Waals surface area contributed by atoms with Crippen LogP contribution in [-0.2, 0) is 11.2 Å². The second kappa shape index (κ2) is 7.11. The van der Waals surface area contributed by atoms with Gasteiger partial charge in [0.25, 0.3) is 0 Å². The second-order valence-corrected chi connectivity index (χ2v) is 7.38. The van der Waals surface area contributed by atoms with Gasteiger partial charge in [-0.1, -0.05) is 42.2 Å². The number of hydrogen-bond acceptors (Lipinski definition) is 6. The molecule has 1 aromatic heterocycles. The van der Waals surface area contributed by atoms with Crippen molar-refractivity contribution in [2.45, 2.75) is 36.6 Å². The summed E-state index contributed by atoms with van der Waals surface area (Å²) in [5.74, 6) is 0.475. The third-order valence-corrected chi connectivity index (χ3v) is 5.26. The summed E-state index contributed by atoms with van der Waals surface area (Å²) >= 11 is 2.89. The van der Waals surface area contributed by atoms with Crippen LogP contribution in [-0.4, -0.2) is 27.9 Å². The van der Waals surface area contributed by atoms with Crippen LogP contribution in [0.5, 0.6) is 0 Å². The summed E-state index contributed by atoms with van der Waals surface area (Å²) in [6, 6.07) is 8.68. The molecule has 0 aliphatic heterocycles. The molecule has 1 fully saturated rings. The van der Waals surface area contributed by atoms with Gasteiger partial charge in [0.05, 0.1) is 5.75 Å². The predicted octanol–water partition coefficient (Wildman–Crippen LogP) is 3.21. The number of nitrogens with one attached hydrogen (secondary N) is 2. The van der Waals surface area contributed by atoms with Crippen LogP contribution in [0.25, 0.3) is 0 Å². The lowest BCUT2D eigenvalue weighted by atomic mass is 10.1. The average Bonchev–Trinajstić information content (AvgIpc) is 3.23. The fourth-order valence-electron chi connectivity index (χ4n) is 1.89. The molecule has 0 unspecified atom stereocenters. The lowest BCUT2D eigenvalue weighted by Crippen LogP contribution is -2.26. The number of hydrogen-bond donors (Lipinski definition) is 2. The van der Waals surface area contributed by atoms with E-state index in [9.17, 15) is 4.79 Å². The lowest BCUT2D eigenvalue weighted by Gasteiger charge is -2.02. The summed E-state index contributed by atoms with van der Waals surface area (Å²) in [4.78, 5) is 11.6. The molecule has 2 aromatic rings. The van der Waals surface area contributed by atoms with E-state index in [1.165, 1.54) is 28.7 Å². The number of anilines is 2. The van der Waals surface area contributed by atoms with Crippen LogP contribution in [0.2, 0.25) is 0 Å². The van der Waals surface area contributed by atoms with E-state index in [1.54, 1.807) is 0 Å². The molecule has 22 heavy (non-hydrogen) atoms. The number of aromatic nitrogens is 2. The number of thioether (sulfide) groups is 1. The maximum absolute atomic E-state index is 11.6. The summed E-state index contributed by atoms with van der Waals surface area (Å²) in [7, 11) is 0. The van der Waals surface area contributed by atoms with Crippen molar-refractivity contribution in [1.29, 1.82) is 0 Å². The van der Waals surface area contributed by atoms with Crippen molar-refractivity contribution >= 4 is 39.8 Å². The van der Waals surface area contributed by atoms with Crippen molar-refractivity contribution in [1.82, 2.24) is 15.5 Å². The van der Waals surface area contributed by atoms with E-state index >= 15 is 0 Å². The highest BCUT2D eigenvalue weighted by Gasteiger charge is 2.23. The Morgan fingerprint density at radius 3 is 2.77 bits per heavy atom. The minimum absolute atomic E-state index is 0.0763. The minimum Gasteiger partial charge on any atom is -0.353 e. The Kier molecular flexibility index (Phi) is 4.94. The van der Waals surface area contributed by atoms with Crippen molar-refractivity contribution in [3.63, 3.8) is 0 Å². The zero-order chi connectivity index (χ0) is 15.4. The van der Waals surface area contributed by atoms with Crippen LogP contribution < -0.4 is 10.6 Å². The monoisotopic (exact) mass is 334 g/mol. The van der Waals surface area contributed by atoms with E-state index in [-0.39, 0.29) is 5.91 Å². The Labute approximate surface area is 137 Å². The van der Waals surface area contributed by atoms with Crippen LogP contribution in [0, 0.1) is 0 Å². The van der Waals surface area contributed by atoms with Gasteiger partial charge < -0.3 is 10.6 Å². The summed E-state index contributed by atoms with van der Waals surface area (Å²) < 4.78 is 0.804. The lowest BCUT2D eigenvalue weighted by molar-refractivity contribution is -0.118. The van der Waals surface area contributed by atoms with Crippen molar-refractivity contribution in [2.75, 3.05) is 11.1 Å². The van der Waals surface area contributed by atoms with Crippen molar-refractivity contribution in [2.24, 2.45) is 0 Å². The highest BCUT2D eigenvalue weighted by molar-refractivity contribution is 8.01. The zero-order valence-electron chi connectivity index (χ0n) is 12.3. The maximum Gasteiger partial charge on any atom is 0.230 e. The average molecular weight is 334 g/mol. The third-order valence-electron chi connectivity index (χ3n) is 3.29. The summed E-state index contributed by atoms with van der Waals surface area (Å²) in [5, 5.41) is 15.2. The van der Waals surface area contributed by atoms with E-state index in [0.717, 1.165) is 34.4 Å². The first-order chi connectivity index (χ1) is 10.7. The summed E-state index contributed by atoms with van der Waals surface area (Å²) in [6.45, 7) is 2.13. The van der Waals surface area contributed by atoms with Gasteiger partial charge in [-0.05, 0) is 37.0 Å². The van der Waals surface area contributed by atoms with Crippen LogP contribution in [0.1, 0.15) is 25.3 Å². The Bertz CT molecular complexity index is 637. The predicted molar refractivity (Wildman–Crippen MR) is 90.9 cm³/mol. The van der Waals surface area contributed by atoms with Gasteiger partial charge in [0, 0.05) is 11.7 Å². The van der Waals surface area contributed by atoms with Gasteiger partial charge in [0.1, 0.15) is 0 Å². The van der Waals surface area contributed by atoms with Crippen LogP contribution in [0.3, 0.4) is 0 Å². The molecule has 2 N–H and O–H groups in total.